The molecule has 5 aromatic rings. The minimum Gasteiger partial charge on any atom is -0.334 e. The lowest BCUT2D eigenvalue weighted by atomic mass is 9.98. The average molecular weight is 601 g/mol. The number of aryl methyl sites for hydroxylation is 5. The van der Waals surface area contributed by atoms with E-state index in [0.717, 1.165) is 38.0 Å². The maximum absolute atomic E-state index is 14.3. The van der Waals surface area contributed by atoms with E-state index < -0.39 is 0 Å². The van der Waals surface area contributed by atoms with E-state index in [1.54, 1.807) is 20.5 Å². The molecule has 1 atom stereocenters. The van der Waals surface area contributed by atoms with Crippen molar-refractivity contribution in [3.63, 3.8) is 0 Å². The van der Waals surface area contributed by atoms with Crippen molar-refractivity contribution in [1.29, 1.82) is 0 Å². The summed E-state index contributed by atoms with van der Waals surface area (Å²) < 4.78 is 6.28. The average Bonchev–Trinajstić information content (AvgIpc) is 3.45. The number of aromatic nitrogens is 6. The van der Waals surface area contributed by atoms with Gasteiger partial charge in [-0.15, -0.1) is 0 Å². The second-order valence-corrected chi connectivity index (χ2v) is 11.6. The Hall–Kier alpha value is -4.05. The van der Waals surface area contributed by atoms with Gasteiger partial charge in [0.25, 0.3) is 11.5 Å². The number of benzene rings is 2. The molecule has 0 radical (unpaired) electrons. The molecule has 0 spiro atoms. The zero-order valence-corrected chi connectivity index (χ0v) is 24.9. The number of carbonyl (C=O) groups is 1. The lowest BCUT2D eigenvalue weighted by molar-refractivity contribution is 0.0652. The SMILES string of the molecule is Cc1cc(C)n(-c2nc3c(c(=O)n2-c2cc(C)c4c(c2)ncn4C)CC(C)N(C(=O)c2ccc(Br)c(C)c2)C3)n1. The number of rotatable bonds is 3. The molecule has 1 aliphatic rings. The highest BCUT2D eigenvalue weighted by Gasteiger charge is 2.32. The predicted octanol–water partition coefficient (Wildman–Crippen LogP) is 4.89. The lowest BCUT2D eigenvalue weighted by Crippen LogP contribution is -2.46. The smallest absolute Gasteiger partial charge is 0.263 e. The van der Waals surface area contributed by atoms with E-state index in [2.05, 4.69) is 26.0 Å². The maximum Gasteiger partial charge on any atom is 0.263 e. The van der Waals surface area contributed by atoms with Gasteiger partial charge in [-0.3, -0.25) is 9.59 Å². The van der Waals surface area contributed by atoms with E-state index >= 15 is 0 Å². The fourth-order valence-electron chi connectivity index (χ4n) is 5.70. The van der Waals surface area contributed by atoms with Crippen LogP contribution < -0.4 is 5.56 Å². The number of hydrogen-bond donors (Lipinski definition) is 0. The zero-order chi connectivity index (χ0) is 28.5. The van der Waals surface area contributed by atoms with Crippen LogP contribution >= 0.6 is 15.9 Å². The van der Waals surface area contributed by atoms with Crippen molar-refractivity contribution < 1.29 is 4.79 Å². The Balaban J connectivity index is 1.53. The minimum absolute atomic E-state index is 0.0800. The van der Waals surface area contributed by atoms with Gasteiger partial charge in [-0.2, -0.15) is 5.10 Å². The first-order valence-electron chi connectivity index (χ1n) is 13.2. The largest absolute Gasteiger partial charge is 0.334 e. The summed E-state index contributed by atoms with van der Waals surface area (Å²) in [6, 6.07) is 11.3. The maximum atomic E-state index is 14.3. The van der Waals surface area contributed by atoms with E-state index in [4.69, 9.17) is 4.98 Å². The second kappa shape index (κ2) is 9.55. The van der Waals surface area contributed by atoms with Gasteiger partial charge in [-0.1, -0.05) is 15.9 Å². The van der Waals surface area contributed by atoms with Crippen molar-refractivity contribution in [3.05, 3.63) is 96.9 Å². The summed E-state index contributed by atoms with van der Waals surface area (Å²) in [5, 5.41) is 4.67. The molecule has 0 saturated carbocycles. The van der Waals surface area contributed by atoms with Crippen LogP contribution in [0.1, 0.15) is 51.1 Å². The molecule has 0 saturated heterocycles. The standard InChI is InChI=1S/C30H30BrN7O2/c1-16-9-21(7-8-24(16)31)28(39)36-14-26-23(12-19(36)4)29(40)37(30(33-26)38-20(5)11-18(3)34-38)22-10-17(2)27-25(13-22)32-15-35(27)6/h7-11,13,15,19H,12,14H2,1-6H3. The Morgan fingerprint density at radius 2 is 1.82 bits per heavy atom. The van der Waals surface area contributed by atoms with Gasteiger partial charge in [0.05, 0.1) is 41.0 Å². The third-order valence-electron chi connectivity index (χ3n) is 7.71. The Kier molecular flexibility index (Phi) is 6.25. The molecule has 204 valence electrons. The highest BCUT2D eigenvalue weighted by Crippen LogP contribution is 2.27. The summed E-state index contributed by atoms with van der Waals surface area (Å²) in [4.78, 5) is 39.3. The molecule has 40 heavy (non-hydrogen) atoms. The highest BCUT2D eigenvalue weighted by atomic mass is 79.9. The van der Waals surface area contributed by atoms with Gasteiger partial charge >= 0.3 is 0 Å². The van der Waals surface area contributed by atoms with Crippen LogP contribution in [0.3, 0.4) is 0 Å². The predicted molar refractivity (Wildman–Crippen MR) is 157 cm³/mol. The van der Waals surface area contributed by atoms with Crippen molar-refractivity contribution in [2.45, 2.75) is 53.6 Å². The van der Waals surface area contributed by atoms with Crippen molar-refractivity contribution in [3.8, 4) is 11.6 Å². The van der Waals surface area contributed by atoms with E-state index in [0.29, 0.717) is 34.9 Å². The third kappa shape index (κ3) is 4.18. The second-order valence-electron chi connectivity index (χ2n) is 10.8. The van der Waals surface area contributed by atoms with E-state index in [1.165, 1.54) is 0 Å². The number of amides is 1. The number of fused-ring (bicyclic) bond motifs is 2. The summed E-state index contributed by atoms with van der Waals surface area (Å²) in [5.41, 5.74) is 7.85. The molecule has 10 heteroatoms. The Labute approximate surface area is 240 Å². The van der Waals surface area contributed by atoms with Crippen LogP contribution in [0.15, 0.2) is 52.0 Å². The van der Waals surface area contributed by atoms with Crippen LogP contribution in [0.4, 0.5) is 0 Å². The van der Waals surface area contributed by atoms with Gasteiger partial charge in [-0.05, 0) is 88.6 Å². The molecule has 3 aromatic heterocycles. The first kappa shape index (κ1) is 26.2. The molecule has 1 unspecified atom stereocenters. The monoisotopic (exact) mass is 599 g/mol. The summed E-state index contributed by atoms with van der Waals surface area (Å²) in [5.74, 6) is 0.314. The summed E-state index contributed by atoms with van der Waals surface area (Å²) in [6.45, 7) is 10.1. The van der Waals surface area contributed by atoms with Gasteiger partial charge in [0.15, 0.2) is 0 Å². The Morgan fingerprint density at radius 1 is 1.05 bits per heavy atom. The quantitative estimate of drug-likeness (QED) is 0.294. The number of hydrogen-bond acceptors (Lipinski definition) is 5. The topological polar surface area (TPSA) is 90.8 Å². The molecular formula is C30H30BrN7O2. The molecule has 1 aliphatic heterocycles. The van der Waals surface area contributed by atoms with Crippen LogP contribution in [0.5, 0.6) is 0 Å². The van der Waals surface area contributed by atoms with Gasteiger partial charge in [0, 0.05) is 34.4 Å². The fraction of sp³-hybridized carbons (Fsp3) is 0.300. The molecule has 4 heterocycles. The molecular weight excluding hydrogens is 570 g/mol. The first-order chi connectivity index (χ1) is 19.0. The van der Waals surface area contributed by atoms with Crippen LogP contribution in [-0.4, -0.2) is 45.7 Å². The number of carbonyl (C=O) groups excluding carboxylic acids is 1. The van der Waals surface area contributed by atoms with Gasteiger partial charge in [0.2, 0.25) is 5.95 Å². The third-order valence-corrected chi connectivity index (χ3v) is 8.60. The van der Waals surface area contributed by atoms with Crippen LogP contribution in [0.25, 0.3) is 22.7 Å². The molecule has 2 aromatic carbocycles. The van der Waals surface area contributed by atoms with Crippen molar-refractivity contribution >= 4 is 32.9 Å². The van der Waals surface area contributed by atoms with E-state index in [1.807, 2.05) is 82.6 Å². The molecule has 1 amide bonds. The zero-order valence-electron chi connectivity index (χ0n) is 23.4. The molecule has 0 bridgehead atoms. The molecule has 0 fully saturated rings. The summed E-state index contributed by atoms with van der Waals surface area (Å²) in [6.07, 6.45) is 2.18. The van der Waals surface area contributed by atoms with Crippen LogP contribution in [-0.2, 0) is 20.0 Å². The number of imidazole rings is 1. The minimum atomic E-state index is -0.175. The van der Waals surface area contributed by atoms with Gasteiger partial charge in [-0.25, -0.2) is 19.2 Å². The highest BCUT2D eigenvalue weighted by molar-refractivity contribution is 9.10. The van der Waals surface area contributed by atoms with Crippen molar-refractivity contribution in [1.82, 2.24) is 33.8 Å². The number of halogens is 1. The van der Waals surface area contributed by atoms with Crippen molar-refractivity contribution in [2.24, 2.45) is 7.05 Å². The Morgan fingerprint density at radius 3 is 2.52 bits per heavy atom. The molecule has 0 N–H and O–H groups in total. The van der Waals surface area contributed by atoms with Crippen LogP contribution in [0, 0.1) is 27.7 Å². The Bertz CT molecular complexity index is 1900. The molecule has 0 aliphatic carbocycles. The molecule has 6 rings (SSSR count). The van der Waals surface area contributed by atoms with E-state index in [-0.39, 0.29) is 24.1 Å². The number of nitrogens with zero attached hydrogens (tertiary/aromatic N) is 7. The van der Waals surface area contributed by atoms with Gasteiger partial charge in [0.1, 0.15) is 0 Å². The van der Waals surface area contributed by atoms with E-state index in [9.17, 15) is 9.59 Å². The summed E-state index contributed by atoms with van der Waals surface area (Å²) >= 11 is 3.51. The normalized spacial score (nSPS) is 15.1. The lowest BCUT2D eigenvalue weighted by Gasteiger charge is -2.34. The fourth-order valence-corrected chi connectivity index (χ4v) is 5.95. The first-order valence-corrected chi connectivity index (χ1v) is 14.0. The van der Waals surface area contributed by atoms with Crippen molar-refractivity contribution in [2.75, 3.05) is 0 Å². The summed E-state index contributed by atoms with van der Waals surface area (Å²) in [7, 11) is 1.96. The molecule has 9 nitrogen and oxygen atoms in total. The van der Waals surface area contributed by atoms with Gasteiger partial charge < -0.3 is 9.47 Å². The van der Waals surface area contributed by atoms with Crippen LogP contribution in [0.2, 0.25) is 0 Å².